The first-order valence-electron chi connectivity index (χ1n) is 14.8. The number of thioether (sulfide) groups is 1. The molecule has 0 N–H and O–H groups in total. The van der Waals surface area contributed by atoms with Gasteiger partial charge in [0, 0.05) is 46.5 Å². The maximum Gasteiger partial charge on any atom is 0.129 e. The zero-order valence-corrected chi connectivity index (χ0v) is 28.9. The van der Waals surface area contributed by atoms with E-state index in [-0.39, 0.29) is 10.5 Å². The van der Waals surface area contributed by atoms with Crippen LogP contribution in [-0.2, 0) is 0 Å². The Morgan fingerprint density at radius 2 is 0.723 bits per heavy atom. The van der Waals surface area contributed by atoms with E-state index in [0.29, 0.717) is 46.0 Å². The van der Waals surface area contributed by atoms with Crippen molar-refractivity contribution in [2.75, 3.05) is 56.9 Å². The maximum absolute atomic E-state index is 5.88. The molecule has 2 unspecified atom stereocenters. The second kappa shape index (κ2) is 17.1. The van der Waals surface area contributed by atoms with E-state index in [2.05, 4.69) is 24.3 Å². The van der Waals surface area contributed by atoms with Crippen molar-refractivity contribution in [1.82, 2.24) is 0 Å². The van der Waals surface area contributed by atoms with Crippen molar-refractivity contribution in [2.24, 2.45) is 0 Å². The zero-order valence-electron chi connectivity index (χ0n) is 28.1. The van der Waals surface area contributed by atoms with Crippen LogP contribution in [0.1, 0.15) is 32.8 Å². The second-order valence-corrected chi connectivity index (χ2v) is 11.4. The summed E-state index contributed by atoms with van der Waals surface area (Å²) in [5, 5.41) is -0.385. The number of hydrogen-bond acceptors (Lipinski definition) is 9. The Morgan fingerprint density at radius 3 is 1.04 bits per heavy atom. The van der Waals surface area contributed by atoms with Gasteiger partial charge in [0.2, 0.25) is 0 Å². The number of ether oxygens (including phenoxy) is 8. The van der Waals surface area contributed by atoms with Gasteiger partial charge in [-0.15, -0.1) is 11.8 Å². The molecule has 47 heavy (non-hydrogen) atoms. The summed E-state index contributed by atoms with van der Waals surface area (Å²) in [5.41, 5.74) is 3.75. The van der Waals surface area contributed by atoms with E-state index in [1.807, 2.05) is 72.8 Å². The van der Waals surface area contributed by atoms with Gasteiger partial charge in [0.15, 0.2) is 0 Å². The molecule has 4 aromatic carbocycles. The van der Waals surface area contributed by atoms with Crippen molar-refractivity contribution in [1.29, 1.82) is 0 Å². The number of rotatable bonds is 16. The fourth-order valence-corrected chi connectivity index (χ4v) is 6.34. The Morgan fingerprint density at radius 1 is 0.404 bits per heavy atom. The SMILES string of the molecule is COc1ccc(C=CC(SC(C=Cc2ccc(OC)cc2OC)c2ccc(OC)cc2OC)c2ccc(OC)cc2OC)c(OC)c1. The molecule has 0 saturated carbocycles. The first-order chi connectivity index (χ1) is 22.9. The molecule has 248 valence electrons. The summed E-state index contributed by atoms with van der Waals surface area (Å²) in [4.78, 5) is 0. The van der Waals surface area contributed by atoms with E-state index in [0.717, 1.165) is 22.3 Å². The van der Waals surface area contributed by atoms with E-state index in [9.17, 15) is 0 Å². The molecule has 2 atom stereocenters. The van der Waals surface area contributed by atoms with Crippen molar-refractivity contribution in [3.8, 4) is 46.0 Å². The molecule has 0 heterocycles. The van der Waals surface area contributed by atoms with Gasteiger partial charge >= 0.3 is 0 Å². The highest BCUT2D eigenvalue weighted by atomic mass is 32.2. The molecule has 0 aliphatic heterocycles. The van der Waals surface area contributed by atoms with Gasteiger partial charge in [0.05, 0.1) is 67.4 Å². The van der Waals surface area contributed by atoms with E-state index in [4.69, 9.17) is 37.9 Å². The van der Waals surface area contributed by atoms with Crippen LogP contribution in [0.2, 0.25) is 0 Å². The minimum Gasteiger partial charge on any atom is -0.497 e. The summed E-state index contributed by atoms with van der Waals surface area (Å²) < 4.78 is 45.0. The quantitative estimate of drug-likeness (QED) is 0.118. The summed E-state index contributed by atoms with van der Waals surface area (Å²) in [6, 6.07) is 23.2. The Bertz CT molecular complexity index is 1560. The van der Waals surface area contributed by atoms with Crippen LogP contribution in [0, 0.1) is 0 Å². The van der Waals surface area contributed by atoms with E-state index in [1.54, 1.807) is 68.6 Å². The lowest BCUT2D eigenvalue weighted by Gasteiger charge is -2.24. The fourth-order valence-electron chi connectivity index (χ4n) is 5.00. The number of benzene rings is 4. The van der Waals surface area contributed by atoms with Crippen LogP contribution in [0.3, 0.4) is 0 Å². The lowest BCUT2D eigenvalue weighted by Crippen LogP contribution is -2.02. The molecule has 0 fully saturated rings. The molecule has 0 spiro atoms. The normalized spacial score (nSPS) is 12.4. The van der Waals surface area contributed by atoms with Gasteiger partial charge in [0.25, 0.3) is 0 Å². The Balaban J connectivity index is 1.87. The fraction of sp³-hybridized carbons (Fsp3) is 0.263. The third kappa shape index (κ3) is 8.68. The molecule has 4 rings (SSSR count). The summed E-state index contributed by atoms with van der Waals surface area (Å²) in [5.74, 6) is 5.64. The van der Waals surface area contributed by atoms with Crippen LogP contribution in [0.4, 0.5) is 0 Å². The van der Waals surface area contributed by atoms with Crippen LogP contribution >= 0.6 is 11.8 Å². The summed E-state index contributed by atoms with van der Waals surface area (Å²) in [7, 11) is 13.2. The standard InChI is InChI=1S/C38H42O8S/c1-39-27-13-9-25(33(21-27)43-5)11-19-37(31-17-15-29(41-3)23-35(31)45-7)47-38(32-18-16-30(42-4)24-36(32)46-8)20-12-26-10-14-28(40-2)22-34(26)44-6/h9-24,37-38H,1-8H3. The van der Waals surface area contributed by atoms with Crippen molar-refractivity contribution in [2.45, 2.75) is 10.5 Å². The summed E-state index contributed by atoms with van der Waals surface area (Å²) in [6.07, 6.45) is 8.39. The molecule has 0 aliphatic carbocycles. The highest BCUT2D eigenvalue weighted by Gasteiger charge is 2.23. The molecule has 4 aromatic rings. The maximum atomic E-state index is 5.88. The monoisotopic (exact) mass is 658 g/mol. The third-order valence-corrected chi connectivity index (χ3v) is 8.98. The molecule has 0 aliphatic rings. The van der Waals surface area contributed by atoms with Crippen molar-refractivity contribution >= 4 is 23.9 Å². The average Bonchev–Trinajstić information content (AvgIpc) is 3.13. The lowest BCUT2D eigenvalue weighted by atomic mass is 10.1. The Kier molecular flexibility index (Phi) is 12.8. The molecular formula is C38H42O8S. The van der Waals surface area contributed by atoms with Crippen LogP contribution in [0.25, 0.3) is 12.2 Å². The average molecular weight is 659 g/mol. The first-order valence-corrected chi connectivity index (χ1v) is 15.8. The third-order valence-electron chi connectivity index (χ3n) is 7.57. The molecule has 8 nitrogen and oxygen atoms in total. The highest BCUT2D eigenvalue weighted by molar-refractivity contribution is 8.00. The van der Waals surface area contributed by atoms with Gasteiger partial charge in [-0.2, -0.15) is 0 Å². The van der Waals surface area contributed by atoms with Gasteiger partial charge < -0.3 is 37.9 Å². The predicted molar refractivity (Wildman–Crippen MR) is 189 cm³/mol. The van der Waals surface area contributed by atoms with Crippen molar-refractivity contribution in [3.63, 3.8) is 0 Å². The zero-order chi connectivity index (χ0) is 33.8. The van der Waals surface area contributed by atoms with Crippen molar-refractivity contribution < 1.29 is 37.9 Å². The van der Waals surface area contributed by atoms with E-state index in [1.165, 1.54) is 0 Å². The molecule has 0 bridgehead atoms. The minimum atomic E-state index is -0.193. The van der Waals surface area contributed by atoms with Gasteiger partial charge in [0.1, 0.15) is 46.0 Å². The summed E-state index contributed by atoms with van der Waals surface area (Å²) >= 11 is 1.72. The van der Waals surface area contributed by atoms with E-state index >= 15 is 0 Å². The molecular weight excluding hydrogens is 616 g/mol. The van der Waals surface area contributed by atoms with E-state index < -0.39 is 0 Å². The lowest BCUT2D eigenvalue weighted by molar-refractivity contribution is 0.391. The van der Waals surface area contributed by atoms with Gasteiger partial charge in [-0.25, -0.2) is 0 Å². The van der Waals surface area contributed by atoms with Crippen LogP contribution in [0.15, 0.2) is 84.9 Å². The topological polar surface area (TPSA) is 73.8 Å². The molecule has 0 radical (unpaired) electrons. The predicted octanol–water partition coefficient (Wildman–Crippen LogP) is 8.70. The Labute approximate surface area is 281 Å². The molecule has 0 saturated heterocycles. The minimum absolute atomic E-state index is 0.193. The smallest absolute Gasteiger partial charge is 0.129 e. The second-order valence-electron chi connectivity index (χ2n) is 10.1. The Hall–Kier alpha value is -4.89. The molecule has 0 aromatic heterocycles. The van der Waals surface area contributed by atoms with Gasteiger partial charge in [-0.1, -0.05) is 36.4 Å². The van der Waals surface area contributed by atoms with Crippen LogP contribution < -0.4 is 37.9 Å². The van der Waals surface area contributed by atoms with Gasteiger partial charge in [-0.3, -0.25) is 0 Å². The number of methoxy groups -OCH3 is 8. The first kappa shape index (κ1) is 35.0. The highest BCUT2D eigenvalue weighted by Crippen LogP contribution is 2.49. The largest absolute Gasteiger partial charge is 0.497 e. The van der Waals surface area contributed by atoms with Crippen molar-refractivity contribution in [3.05, 3.63) is 107 Å². The van der Waals surface area contributed by atoms with Gasteiger partial charge in [-0.05, 0) is 36.4 Å². The molecule has 0 amide bonds. The summed E-state index contributed by atoms with van der Waals surface area (Å²) in [6.45, 7) is 0. The van der Waals surface area contributed by atoms with Crippen LogP contribution in [-0.4, -0.2) is 56.9 Å². The number of hydrogen-bond donors (Lipinski definition) is 0. The van der Waals surface area contributed by atoms with Crippen LogP contribution in [0.5, 0.6) is 46.0 Å². The molecule has 9 heteroatoms.